The quantitative estimate of drug-likeness (QED) is 0.793. The molecule has 0 saturated carbocycles. The number of rotatable bonds is 6. The van der Waals surface area contributed by atoms with Gasteiger partial charge in [-0.15, -0.1) is 11.6 Å². The Bertz CT molecular complexity index is 469. The molecule has 0 heterocycles. The summed E-state index contributed by atoms with van der Waals surface area (Å²) in [6.45, 7) is 6.09. The van der Waals surface area contributed by atoms with Crippen LogP contribution in [0.3, 0.4) is 0 Å². The van der Waals surface area contributed by atoms with E-state index >= 15 is 0 Å². The maximum Gasteiger partial charge on any atom is 0.231 e. The minimum Gasteiger partial charge on any atom is -0.356 e. The van der Waals surface area contributed by atoms with E-state index in [0.29, 0.717) is 18.7 Å². The molecule has 0 aromatic heterocycles. The zero-order valence-electron chi connectivity index (χ0n) is 12.1. The van der Waals surface area contributed by atoms with Crippen LogP contribution in [0.4, 0.5) is 5.69 Å². The summed E-state index contributed by atoms with van der Waals surface area (Å²) >= 11 is 5.76. The number of alkyl halides is 1. The zero-order chi connectivity index (χ0) is 15.2. The Morgan fingerprint density at radius 2 is 1.80 bits per heavy atom. The third-order valence-electron chi connectivity index (χ3n) is 2.90. The number of benzene rings is 1. The molecule has 0 aliphatic heterocycles. The minimum absolute atomic E-state index is 0.00689. The number of halogens is 1. The van der Waals surface area contributed by atoms with E-state index in [0.717, 1.165) is 5.56 Å². The van der Waals surface area contributed by atoms with Crippen molar-refractivity contribution in [2.24, 2.45) is 5.41 Å². The monoisotopic (exact) mass is 296 g/mol. The van der Waals surface area contributed by atoms with Gasteiger partial charge in [-0.3, -0.25) is 9.59 Å². The molecule has 0 unspecified atom stereocenters. The number of carbonyl (C=O) groups excluding carboxylic acids is 2. The Morgan fingerprint density at radius 1 is 1.20 bits per heavy atom. The number of likely N-dealkylation sites (N-methyl/N-ethyl adjacent to an activating group) is 1. The maximum atomic E-state index is 12.0. The molecule has 2 amide bonds. The fraction of sp³-hybridized carbons (Fsp3) is 0.467. The van der Waals surface area contributed by atoms with E-state index in [-0.39, 0.29) is 17.7 Å². The van der Waals surface area contributed by atoms with Gasteiger partial charge in [0.25, 0.3) is 0 Å². The van der Waals surface area contributed by atoms with Crippen molar-refractivity contribution in [2.45, 2.75) is 27.2 Å². The van der Waals surface area contributed by atoms with Gasteiger partial charge in [-0.1, -0.05) is 12.1 Å². The molecule has 5 heteroatoms. The van der Waals surface area contributed by atoms with Crippen LogP contribution >= 0.6 is 11.6 Å². The average Bonchev–Trinajstić information content (AvgIpc) is 2.41. The molecule has 1 aromatic rings. The fourth-order valence-corrected chi connectivity index (χ4v) is 1.63. The van der Waals surface area contributed by atoms with E-state index in [1.165, 1.54) is 0 Å². The van der Waals surface area contributed by atoms with Crippen LogP contribution in [0.1, 0.15) is 26.3 Å². The summed E-state index contributed by atoms with van der Waals surface area (Å²) in [5.74, 6) is 0.130. The molecule has 0 aliphatic rings. The van der Waals surface area contributed by atoms with Crippen molar-refractivity contribution in [1.29, 1.82) is 0 Å². The molecule has 0 radical (unpaired) electrons. The summed E-state index contributed by atoms with van der Waals surface area (Å²) in [6.07, 6.45) is 0.342. The van der Waals surface area contributed by atoms with E-state index in [2.05, 4.69) is 10.6 Å². The van der Waals surface area contributed by atoms with Crippen molar-refractivity contribution in [3.8, 4) is 0 Å². The van der Waals surface area contributed by atoms with E-state index < -0.39 is 5.41 Å². The number of anilines is 1. The second-order valence-electron chi connectivity index (χ2n) is 5.30. The molecule has 4 nitrogen and oxygen atoms in total. The number of hydrogen-bond donors (Lipinski definition) is 2. The zero-order valence-corrected chi connectivity index (χ0v) is 12.9. The van der Waals surface area contributed by atoms with Crippen LogP contribution < -0.4 is 10.6 Å². The van der Waals surface area contributed by atoms with Crippen LogP contribution in [-0.4, -0.2) is 24.2 Å². The highest BCUT2D eigenvalue weighted by atomic mass is 35.5. The van der Waals surface area contributed by atoms with Gasteiger partial charge >= 0.3 is 0 Å². The number of nitrogens with one attached hydrogen (secondary N) is 2. The predicted octanol–water partition coefficient (Wildman–Crippen LogP) is 2.57. The lowest BCUT2D eigenvalue weighted by molar-refractivity contribution is -0.123. The Balaban J connectivity index is 2.63. The summed E-state index contributed by atoms with van der Waals surface area (Å²) in [6, 6.07) is 7.24. The van der Waals surface area contributed by atoms with Crippen LogP contribution in [0, 0.1) is 5.41 Å². The smallest absolute Gasteiger partial charge is 0.231 e. The molecular weight excluding hydrogens is 276 g/mol. The SMILES string of the molecule is CCNC(=O)Cc1ccc(NC(=O)C(C)(C)CCl)cc1. The van der Waals surface area contributed by atoms with Crippen molar-refractivity contribution in [2.75, 3.05) is 17.7 Å². The fourth-order valence-electron chi connectivity index (χ4n) is 1.51. The first-order valence-corrected chi connectivity index (χ1v) is 7.15. The van der Waals surface area contributed by atoms with Crippen LogP contribution in [-0.2, 0) is 16.0 Å². The molecule has 20 heavy (non-hydrogen) atoms. The van der Waals surface area contributed by atoms with E-state index in [1.54, 1.807) is 26.0 Å². The molecule has 110 valence electrons. The van der Waals surface area contributed by atoms with Gasteiger partial charge in [0, 0.05) is 18.1 Å². The number of hydrogen-bond acceptors (Lipinski definition) is 2. The lowest BCUT2D eigenvalue weighted by Crippen LogP contribution is -2.32. The molecule has 1 rings (SSSR count). The first-order valence-electron chi connectivity index (χ1n) is 6.62. The van der Waals surface area contributed by atoms with Crippen molar-refractivity contribution in [1.82, 2.24) is 5.32 Å². The van der Waals surface area contributed by atoms with Crippen molar-refractivity contribution < 1.29 is 9.59 Å². The third kappa shape index (κ3) is 4.85. The molecular formula is C15H21ClN2O2. The van der Waals surface area contributed by atoms with Gasteiger partial charge in [0.15, 0.2) is 0 Å². The summed E-state index contributed by atoms with van der Waals surface area (Å²) in [4.78, 5) is 23.4. The van der Waals surface area contributed by atoms with Crippen LogP contribution in [0.5, 0.6) is 0 Å². The molecule has 0 fully saturated rings. The summed E-state index contributed by atoms with van der Waals surface area (Å²) in [5.41, 5.74) is 1.000. The van der Waals surface area contributed by atoms with Gasteiger partial charge in [0.05, 0.1) is 11.8 Å². The van der Waals surface area contributed by atoms with E-state index in [4.69, 9.17) is 11.6 Å². The van der Waals surface area contributed by atoms with Crippen LogP contribution in [0.2, 0.25) is 0 Å². The molecule has 0 spiro atoms. The standard InChI is InChI=1S/C15H21ClN2O2/c1-4-17-13(19)9-11-5-7-12(8-6-11)18-14(20)15(2,3)10-16/h5-8H,4,9-10H2,1-3H3,(H,17,19)(H,18,20). The predicted molar refractivity (Wildman–Crippen MR) is 82.0 cm³/mol. The topological polar surface area (TPSA) is 58.2 Å². The van der Waals surface area contributed by atoms with E-state index in [1.807, 2.05) is 19.1 Å². The van der Waals surface area contributed by atoms with Gasteiger partial charge in [0.1, 0.15) is 0 Å². The number of carbonyl (C=O) groups is 2. The largest absolute Gasteiger partial charge is 0.356 e. The Kier molecular flexibility index (Phi) is 6.02. The molecule has 0 saturated heterocycles. The molecule has 0 aliphatic carbocycles. The first-order chi connectivity index (χ1) is 9.39. The van der Waals surface area contributed by atoms with Gasteiger partial charge in [-0.2, -0.15) is 0 Å². The Morgan fingerprint density at radius 3 is 2.30 bits per heavy atom. The average molecular weight is 297 g/mol. The molecule has 0 atom stereocenters. The normalized spacial score (nSPS) is 11.0. The summed E-state index contributed by atoms with van der Waals surface area (Å²) < 4.78 is 0. The second kappa shape index (κ2) is 7.29. The maximum absolute atomic E-state index is 12.0. The van der Waals surface area contributed by atoms with Gasteiger partial charge < -0.3 is 10.6 Å². The summed E-state index contributed by atoms with van der Waals surface area (Å²) in [7, 11) is 0. The second-order valence-corrected chi connectivity index (χ2v) is 5.57. The molecule has 0 bridgehead atoms. The number of amides is 2. The van der Waals surface area contributed by atoms with Gasteiger partial charge in [-0.05, 0) is 38.5 Å². The minimum atomic E-state index is -0.610. The van der Waals surface area contributed by atoms with Crippen LogP contribution in [0.15, 0.2) is 24.3 Å². The Hall–Kier alpha value is -1.55. The summed E-state index contributed by atoms with van der Waals surface area (Å²) in [5, 5.41) is 5.56. The first kappa shape index (κ1) is 16.5. The van der Waals surface area contributed by atoms with Crippen molar-refractivity contribution in [3.05, 3.63) is 29.8 Å². The highest BCUT2D eigenvalue weighted by Crippen LogP contribution is 2.20. The third-order valence-corrected chi connectivity index (χ3v) is 3.57. The molecule has 2 N–H and O–H groups in total. The lowest BCUT2D eigenvalue weighted by Gasteiger charge is -2.20. The van der Waals surface area contributed by atoms with Gasteiger partial charge in [-0.25, -0.2) is 0 Å². The van der Waals surface area contributed by atoms with Crippen molar-refractivity contribution in [3.63, 3.8) is 0 Å². The van der Waals surface area contributed by atoms with Crippen molar-refractivity contribution >= 4 is 29.1 Å². The van der Waals surface area contributed by atoms with Gasteiger partial charge in [0.2, 0.25) is 11.8 Å². The van der Waals surface area contributed by atoms with Crippen LogP contribution in [0.25, 0.3) is 0 Å². The Labute approximate surface area is 124 Å². The highest BCUT2D eigenvalue weighted by Gasteiger charge is 2.26. The molecule has 1 aromatic carbocycles. The van der Waals surface area contributed by atoms with E-state index in [9.17, 15) is 9.59 Å². The highest BCUT2D eigenvalue weighted by molar-refractivity contribution is 6.20. The lowest BCUT2D eigenvalue weighted by atomic mass is 9.95.